The number of carbonyl (C=O) groups excluding carboxylic acids is 3. The molecule has 1 aliphatic rings. The monoisotopic (exact) mass is 486 g/mol. The number of aliphatic hydroxyl groups excluding tert-OH is 1. The van der Waals surface area contributed by atoms with Gasteiger partial charge in [-0.25, -0.2) is 9.48 Å². The number of benzene rings is 1. The second-order valence-electron chi connectivity index (χ2n) is 9.65. The van der Waals surface area contributed by atoms with Crippen LogP contribution in [-0.2, 0) is 9.59 Å². The fourth-order valence-electron chi connectivity index (χ4n) is 3.73. The maximum Gasteiger partial charge on any atom is 0.416 e. The third-order valence-electron chi connectivity index (χ3n) is 5.77. The molecule has 35 heavy (non-hydrogen) atoms. The Hall–Kier alpha value is -3.44. The third kappa shape index (κ3) is 6.37. The Bertz CT molecular complexity index is 1040. The first-order valence-corrected chi connectivity index (χ1v) is 11.6. The summed E-state index contributed by atoms with van der Waals surface area (Å²) in [5.74, 6) is -0.539. The molecule has 1 aromatic carbocycles. The van der Waals surface area contributed by atoms with Crippen molar-refractivity contribution >= 4 is 17.9 Å². The van der Waals surface area contributed by atoms with Crippen LogP contribution < -0.4 is 15.8 Å². The number of rotatable bonds is 6. The molecule has 2 heterocycles. The summed E-state index contributed by atoms with van der Waals surface area (Å²) in [5.41, 5.74) is 6.51. The van der Waals surface area contributed by atoms with E-state index in [1.165, 1.54) is 4.90 Å². The standard InChI is InChI=1S/C24H34N6O5/c1-16-14-19(30(27-16)17-8-6-5-7-9-17)35-23(34)29-12-10-28(11-13-29)22(33)20(24(2,3)4)26-21(32)18(25)15-31/h5-9,14,18,20,31H,10-13,15,25H2,1-4H3,(H,26,32). The van der Waals surface area contributed by atoms with Crippen LogP contribution in [0.5, 0.6) is 5.88 Å². The van der Waals surface area contributed by atoms with E-state index < -0.39 is 36.1 Å². The number of hydrogen-bond acceptors (Lipinski definition) is 7. The summed E-state index contributed by atoms with van der Waals surface area (Å²) in [6.45, 7) is 7.97. The van der Waals surface area contributed by atoms with Gasteiger partial charge in [0.15, 0.2) is 0 Å². The molecule has 1 aromatic heterocycles. The van der Waals surface area contributed by atoms with Crippen LogP contribution in [0.1, 0.15) is 26.5 Å². The van der Waals surface area contributed by atoms with E-state index in [0.29, 0.717) is 24.7 Å². The second kappa shape index (κ2) is 10.9. The summed E-state index contributed by atoms with van der Waals surface area (Å²) >= 11 is 0. The molecule has 2 atom stereocenters. The van der Waals surface area contributed by atoms with Gasteiger partial charge < -0.3 is 30.7 Å². The number of carbonyl (C=O) groups is 3. The largest absolute Gasteiger partial charge is 0.416 e. The lowest BCUT2D eigenvalue weighted by molar-refractivity contribution is -0.141. The van der Waals surface area contributed by atoms with Crippen molar-refractivity contribution in [3.63, 3.8) is 0 Å². The summed E-state index contributed by atoms with van der Waals surface area (Å²) < 4.78 is 7.21. The van der Waals surface area contributed by atoms with Crippen LogP contribution in [0.4, 0.5) is 4.79 Å². The van der Waals surface area contributed by atoms with E-state index in [4.69, 9.17) is 15.6 Å². The summed E-state index contributed by atoms with van der Waals surface area (Å²) in [4.78, 5) is 41.4. The number of amides is 3. The number of hydrogen-bond donors (Lipinski definition) is 3. The van der Waals surface area contributed by atoms with Crippen molar-refractivity contribution in [2.75, 3.05) is 32.8 Å². The number of aromatic nitrogens is 2. The van der Waals surface area contributed by atoms with Crippen molar-refractivity contribution in [3.05, 3.63) is 42.1 Å². The Kier molecular flexibility index (Phi) is 8.13. The minimum atomic E-state index is -1.10. The number of nitrogens with two attached hydrogens (primary N) is 1. The van der Waals surface area contributed by atoms with Gasteiger partial charge in [-0.1, -0.05) is 39.0 Å². The van der Waals surface area contributed by atoms with Crippen LogP contribution in [0, 0.1) is 12.3 Å². The van der Waals surface area contributed by atoms with Gasteiger partial charge >= 0.3 is 6.09 Å². The van der Waals surface area contributed by atoms with Crippen molar-refractivity contribution in [2.45, 2.75) is 39.8 Å². The number of nitrogens with one attached hydrogen (secondary N) is 1. The average Bonchev–Trinajstić information content (AvgIpc) is 3.21. The van der Waals surface area contributed by atoms with E-state index in [-0.39, 0.29) is 19.0 Å². The first-order valence-electron chi connectivity index (χ1n) is 11.6. The maximum absolute atomic E-state index is 13.2. The molecule has 0 bridgehead atoms. The Morgan fingerprint density at radius 1 is 1.11 bits per heavy atom. The van der Waals surface area contributed by atoms with Crippen molar-refractivity contribution in [1.29, 1.82) is 0 Å². The Morgan fingerprint density at radius 3 is 2.29 bits per heavy atom. The van der Waals surface area contributed by atoms with Crippen LogP contribution in [0.3, 0.4) is 0 Å². The van der Waals surface area contributed by atoms with E-state index in [9.17, 15) is 14.4 Å². The molecule has 3 amide bonds. The zero-order chi connectivity index (χ0) is 25.8. The van der Waals surface area contributed by atoms with E-state index >= 15 is 0 Å². The van der Waals surface area contributed by atoms with Crippen LogP contribution in [-0.4, -0.2) is 87.5 Å². The van der Waals surface area contributed by atoms with Gasteiger partial charge in [0.25, 0.3) is 0 Å². The van der Waals surface area contributed by atoms with Crippen molar-refractivity contribution in [1.82, 2.24) is 24.9 Å². The smallest absolute Gasteiger partial charge is 0.394 e. The van der Waals surface area contributed by atoms with Gasteiger partial charge in [0, 0.05) is 32.2 Å². The summed E-state index contributed by atoms with van der Waals surface area (Å²) in [5, 5.41) is 16.2. The number of para-hydroxylation sites is 1. The summed E-state index contributed by atoms with van der Waals surface area (Å²) in [7, 11) is 0. The number of aliphatic hydroxyl groups is 1. The lowest BCUT2D eigenvalue weighted by Gasteiger charge is -2.39. The molecule has 2 aromatic rings. The predicted octanol–water partition coefficient (Wildman–Crippen LogP) is 0.674. The first kappa shape index (κ1) is 26.2. The van der Waals surface area contributed by atoms with Crippen molar-refractivity contribution in [3.8, 4) is 11.6 Å². The van der Waals surface area contributed by atoms with Crippen LogP contribution in [0.2, 0.25) is 0 Å². The molecule has 0 spiro atoms. The highest BCUT2D eigenvalue weighted by molar-refractivity contribution is 5.90. The highest BCUT2D eigenvalue weighted by Crippen LogP contribution is 2.23. The Balaban J connectivity index is 1.63. The quantitative estimate of drug-likeness (QED) is 0.545. The van der Waals surface area contributed by atoms with Gasteiger partial charge in [-0.3, -0.25) is 9.59 Å². The van der Waals surface area contributed by atoms with Gasteiger partial charge in [-0.05, 0) is 24.5 Å². The molecule has 0 aliphatic carbocycles. The predicted molar refractivity (Wildman–Crippen MR) is 129 cm³/mol. The molecule has 4 N–H and O–H groups in total. The molecule has 11 nitrogen and oxygen atoms in total. The van der Waals surface area contributed by atoms with Gasteiger partial charge in [0.1, 0.15) is 12.1 Å². The molecule has 1 saturated heterocycles. The summed E-state index contributed by atoms with van der Waals surface area (Å²) in [6.07, 6.45) is -0.524. The fraction of sp³-hybridized carbons (Fsp3) is 0.500. The highest BCUT2D eigenvalue weighted by Gasteiger charge is 2.38. The van der Waals surface area contributed by atoms with Gasteiger partial charge in [0.05, 0.1) is 18.0 Å². The van der Waals surface area contributed by atoms with Crippen LogP contribution >= 0.6 is 0 Å². The molecule has 11 heteroatoms. The second-order valence-corrected chi connectivity index (χ2v) is 9.65. The lowest BCUT2D eigenvalue weighted by atomic mass is 9.85. The topological polar surface area (TPSA) is 143 Å². The van der Waals surface area contributed by atoms with E-state index in [1.807, 2.05) is 58.0 Å². The highest BCUT2D eigenvalue weighted by atomic mass is 16.6. The Labute approximate surface area is 204 Å². The number of nitrogens with zero attached hydrogens (tertiary/aromatic N) is 4. The zero-order valence-electron chi connectivity index (χ0n) is 20.6. The van der Waals surface area contributed by atoms with Crippen molar-refractivity contribution in [2.24, 2.45) is 11.1 Å². The molecular formula is C24H34N6O5. The molecule has 1 fully saturated rings. The number of ether oxygens (including phenoxy) is 1. The minimum Gasteiger partial charge on any atom is -0.394 e. The average molecular weight is 487 g/mol. The molecule has 0 saturated carbocycles. The molecule has 3 rings (SSSR count). The van der Waals surface area contributed by atoms with Crippen LogP contribution in [0.25, 0.3) is 5.69 Å². The molecule has 1 aliphatic heterocycles. The fourth-order valence-corrected chi connectivity index (χ4v) is 3.73. The molecule has 0 radical (unpaired) electrons. The first-order chi connectivity index (χ1) is 16.5. The number of piperazine rings is 1. The van der Waals surface area contributed by atoms with Gasteiger partial charge in [0.2, 0.25) is 17.7 Å². The number of aryl methyl sites for hydroxylation is 1. The van der Waals surface area contributed by atoms with Gasteiger partial charge in [-0.15, -0.1) is 0 Å². The molecular weight excluding hydrogens is 452 g/mol. The van der Waals surface area contributed by atoms with E-state index in [0.717, 1.165) is 5.69 Å². The van der Waals surface area contributed by atoms with Crippen LogP contribution in [0.15, 0.2) is 36.4 Å². The normalized spacial score (nSPS) is 15.9. The zero-order valence-corrected chi connectivity index (χ0v) is 20.6. The van der Waals surface area contributed by atoms with Gasteiger partial charge in [-0.2, -0.15) is 5.10 Å². The lowest BCUT2D eigenvalue weighted by Crippen LogP contribution is -2.61. The van der Waals surface area contributed by atoms with E-state index in [1.54, 1.807) is 15.6 Å². The minimum absolute atomic E-state index is 0.262. The molecule has 190 valence electrons. The maximum atomic E-state index is 13.2. The van der Waals surface area contributed by atoms with Crippen molar-refractivity contribution < 1.29 is 24.2 Å². The van der Waals surface area contributed by atoms with E-state index in [2.05, 4.69) is 10.4 Å². The molecule has 2 unspecified atom stereocenters. The Morgan fingerprint density at radius 2 is 1.71 bits per heavy atom. The third-order valence-corrected chi connectivity index (χ3v) is 5.77. The summed E-state index contributed by atoms with van der Waals surface area (Å²) in [6, 6.07) is 9.14. The SMILES string of the molecule is Cc1cc(OC(=O)N2CCN(C(=O)C(NC(=O)C(N)CO)C(C)(C)C)CC2)n(-c2ccccc2)n1.